The Morgan fingerprint density at radius 2 is 0.895 bits per heavy atom. The summed E-state index contributed by atoms with van der Waals surface area (Å²) in [6.45, 7) is 0. The molecule has 0 radical (unpaired) electrons. The number of aromatic nitrogens is 8. The Labute approximate surface area is 214 Å². The SMILES string of the molecule is O=C(c1ncc[nH]1)n1c2ccc1cc1nc(cc3ccc(cc4nc(c2)C=C4)n3C(=O)c2ncc[nH]2)C=C1. The fraction of sp³-hybridized carbons (Fsp3) is 0. The van der Waals surface area contributed by atoms with E-state index in [9.17, 15) is 9.59 Å². The monoisotopic (exact) mass is 498 g/mol. The van der Waals surface area contributed by atoms with Crippen LogP contribution in [-0.4, -0.2) is 50.9 Å². The summed E-state index contributed by atoms with van der Waals surface area (Å²) in [5.41, 5.74) is 5.24. The lowest BCUT2D eigenvalue weighted by Gasteiger charge is -2.03. The van der Waals surface area contributed by atoms with Gasteiger partial charge >= 0.3 is 0 Å². The average Bonchev–Trinajstić information content (AvgIpc) is 3.74. The molecule has 0 saturated heterocycles. The van der Waals surface area contributed by atoms with Crippen molar-refractivity contribution in [2.45, 2.75) is 0 Å². The largest absolute Gasteiger partial charge is 0.341 e. The van der Waals surface area contributed by atoms with Crippen LogP contribution >= 0.6 is 0 Å². The fourth-order valence-electron chi connectivity index (χ4n) is 4.55. The van der Waals surface area contributed by atoms with Crippen molar-refractivity contribution in [3.63, 3.8) is 0 Å². The van der Waals surface area contributed by atoms with Gasteiger partial charge in [-0.2, -0.15) is 0 Å². The highest BCUT2D eigenvalue weighted by Crippen LogP contribution is 2.22. The number of hydrogen-bond acceptors (Lipinski definition) is 6. The lowest BCUT2D eigenvalue weighted by molar-refractivity contribution is 0.0952. The van der Waals surface area contributed by atoms with Gasteiger partial charge in [-0.3, -0.25) is 18.7 Å². The number of H-pyrrole nitrogens is 2. The van der Waals surface area contributed by atoms with Gasteiger partial charge in [-0.15, -0.1) is 0 Å². The van der Waals surface area contributed by atoms with Crippen LogP contribution in [0.1, 0.15) is 44.0 Å². The number of nitrogens with one attached hydrogen (secondary N) is 2. The molecule has 38 heavy (non-hydrogen) atoms. The highest BCUT2D eigenvalue weighted by atomic mass is 16.2. The molecule has 0 aromatic carbocycles. The summed E-state index contributed by atoms with van der Waals surface area (Å²) in [4.78, 5) is 50.2. The zero-order valence-electron chi connectivity index (χ0n) is 19.7. The highest BCUT2D eigenvalue weighted by Gasteiger charge is 2.17. The Morgan fingerprint density at radius 3 is 1.18 bits per heavy atom. The second kappa shape index (κ2) is 8.49. The molecule has 7 rings (SSSR count). The molecule has 2 N–H and O–H groups in total. The predicted octanol–water partition coefficient (Wildman–Crippen LogP) is 4.43. The van der Waals surface area contributed by atoms with Crippen LogP contribution in [0, 0.1) is 0 Å². The minimum absolute atomic E-state index is 0.227. The second-order valence-electron chi connectivity index (χ2n) is 8.69. The number of carbonyl (C=O) groups is 2. The summed E-state index contributed by atoms with van der Waals surface area (Å²) in [6, 6.07) is 14.8. The van der Waals surface area contributed by atoms with Gasteiger partial charge in [0.1, 0.15) is 0 Å². The molecule has 7 heterocycles. The van der Waals surface area contributed by atoms with Crippen LogP contribution in [0.2, 0.25) is 0 Å². The zero-order valence-corrected chi connectivity index (χ0v) is 19.7. The molecule has 0 spiro atoms. The number of imidazole rings is 2. The number of nitrogens with zero attached hydrogens (tertiary/aromatic N) is 6. The molecule has 0 unspecified atom stereocenters. The van der Waals surface area contributed by atoms with Gasteiger partial charge in [0.25, 0.3) is 11.8 Å². The molecule has 2 aliphatic heterocycles. The third kappa shape index (κ3) is 3.68. The van der Waals surface area contributed by atoms with Crippen molar-refractivity contribution >= 4 is 58.2 Å². The van der Waals surface area contributed by atoms with Gasteiger partial charge in [-0.05, 0) is 72.8 Å². The van der Waals surface area contributed by atoms with Crippen molar-refractivity contribution in [1.82, 2.24) is 39.0 Å². The van der Waals surface area contributed by atoms with E-state index in [0.29, 0.717) is 44.8 Å². The lowest BCUT2D eigenvalue weighted by atomic mass is 10.3. The van der Waals surface area contributed by atoms with Gasteiger partial charge in [0, 0.05) is 24.8 Å². The van der Waals surface area contributed by atoms with E-state index in [1.54, 1.807) is 33.9 Å². The minimum Gasteiger partial charge on any atom is -0.341 e. The number of hydrogen-bond donors (Lipinski definition) is 2. The quantitative estimate of drug-likeness (QED) is 0.363. The first-order valence-electron chi connectivity index (χ1n) is 11.8. The summed E-state index contributed by atoms with van der Waals surface area (Å²) < 4.78 is 3.17. The molecule has 0 saturated carbocycles. The third-order valence-electron chi connectivity index (χ3n) is 6.24. The zero-order chi connectivity index (χ0) is 25.6. The molecule has 0 atom stereocenters. The molecule has 5 aromatic rings. The Balaban J connectivity index is 1.53. The van der Waals surface area contributed by atoms with Crippen LogP contribution in [0.4, 0.5) is 0 Å². The number of fused-ring (bicyclic) bond motifs is 8. The van der Waals surface area contributed by atoms with Gasteiger partial charge in [-0.1, -0.05) is 0 Å². The lowest BCUT2D eigenvalue weighted by Crippen LogP contribution is -2.13. The van der Waals surface area contributed by atoms with E-state index in [0.717, 1.165) is 0 Å². The van der Waals surface area contributed by atoms with Crippen LogP contribution in [0.25, 0.3) is 46.4 Å². The summed E-state index contributed by atoms with van der Waals surface area (Å²) >= 11 is 0. The first-order valence-corrected chi connectivity index (χ1v) is 11.8. The van der Waals surface area contributed by atoms with Crippen LogP contribution < -0.4 is 0 Å². The summed E-state index contributed by atoms with van der Waals surface area (Å²) in [5.74, 6) is -0.136. The molecular formula is C28H18N8O2. The molecule has 0 fully saturated rings. The van der Waals surface area contributed by atoms with Gasteiger partial charge in [0.05, 0.1) is 44.8 Å². The van der Waals surface area contributed by atoms with Crippen molar-refractivity contribution < 1.29 is 9.59 Å². The predicted molar refractivity (Wildman–Crippen MR) is 143 cm³/mol. The molecule has 10 nitrogen and oxygen atoms in total. The molecule has 182 valence electrons. The fourth-order valence-corrected chi connectivity index (χ4v) is 4.55. The number of aromatic amines is 2. The Bertz CT molecular complexity index is 1720. The Morgan fingerprint density at radius 1 is 0.553 bits per heavy atom. The summed E-state index contributed by atoms with van der Waals surface area (Å²) in [6.07, 6.45) is 13.8. The van der Waals surface area contributed by atoms with Crippen molar-refractivity contribution in [2.24, 2.45) is 0 Å². The Hall–Kier alpha value is -5.64. The van der Waals surface area contributed by atoms with E-state index >= 15 is 0 Å². The maximum absolute atomic E-state index is 13.4. The Kier molecular flexibility index (Phi) is 4.83. The molecule has 0 amide bonds. The van der Waals surface area contributed by atoms with E-state index in [1.807, 2.05) is 72.8 Å². The van der Waals surface area contributed by atoms with E-state index in [1.165, 1.54) is 0 Å². The third-order valence-corrected chi connectivity index (χ3v) is 6.24. The van der Waals surface area contributed by atoms with E-state index in [2.05, 4.69) is 19.9 Å². The minimum atomic E-state index is -0.296. The van der Waals surface area contributed by atoms with Gasteiger partial charge in [0.15, 0.2) is 11.6 Å². The molecule has 10 heteroatoms. The average molecular weight is 499 g/mol. The van der Waals surface area contributed by atoms with E-state index in [4.69, 9.17) is 9.97 Å². The first-order chi connectivity index (χ1) is 18.6. The summed E-state index contributed by atoms with van der Waals surface area (Å²) in [5, 5.41) is 0. The van der Waals surface area contributed by atoms with Crippen LogP contribution in [0.5, 0.6) is 0 Å². The highest BCUT2D eigenvalue weighted by molar-refractivity contribution is 6.01. The van der Waals surface area contributed by atoms with E-state index < -0.39 is 0 Å². The standard InChI is InChI=1S/C28H18N8O2/c37-27(25-29-9-10-30-25)35-21-5-6-23(35)15-19-3-4-20(34-19)16-24-8-7-22(14-18-2-1-17(13-21)33-18)36(24)28(38)26-31-11-12-32-26/h1-16H,(H,29,30)(H,31,32). The molecule has 8 bridgehead atoms. The van der Waals surface area contributed by atoms with Crippen molar-refractivity contribution in [1.29, 1.82) is 0 Å². The van der Waals surface area contributed by atoms with E-state index in [-0.39, 0.29) is 23.5 Å². The normalized spacial score (nSPS) is 12.2. The molecule has 0 aliphatic carbocycles. The van der Waals surface area contributed by atoms with Crippen LogP contribution in [-0.2, 0) is 0 Å². The maximum atomic E-state index is 13.4. The van der Waals surface area contributed by atoms with Gasteiger partial charge in [0.2, 0.25) is 0 Å². The smallest absolute Gasteiger partial charge is 0.298 e. The van der Waals surface area contributed by atoms with Crippen molar-refractivity contribution in [3.8, 4) is 0 Å². The van der Waals surface area contributed by atoms with Crippen molar-refractivity contribution in [3.05, 3.63) is 108 Å². The first kappa shape index (κ1) is 21.6. The number of carbonyl (C=O) groups excluding carboxylic acids is 2. The molecule has 5 aromatic heterocycles. The van der Waals surface area contributed by atoms with Crippen LogP contribution in [0.3, 0.4) is 0 Å². The van der Waals surface area contributed by atoms with Gasteiger partial charge < -0.3 is 9.97 Å². The van der Waals surface area contributed by atoms with Gasteiger partial charge in [-0.25, -0.2) is 19.9 Å². The summed E-state index contributed by atoms with van der Waals surface area (Å²) in [7, 11) is 0. The molecule has 2 aliphatic rings. The molecular weight excluding hydrogens is 480 g/mol. The topological polar surface area (TPSA) is 127 Å². The number of rotatable bonds is 2. The van der Waals surface area contributed by atoms with Crippen LogP contribution in [0.15, 0.2) is 73.3 Å². The van der Waals surface area contributed by atoms with Crippen molar-refractivity contribution in [2.75, 3.05) is 0 Å². The maximum Gasteiger partial charge on any atom is 0.298 e. The second-order valence-corrected chi connectivity index (χ2v) is 8.69.